The quantitative estimate of drug-likeness (QED) is 0.531. The number of likely N-dealkylation sites (tertiary alicyclic amines) is 2. The number of aromatic nitrogens is 1. The maximum absolute atomic E-state index is 12.8. The van der Waals surface area contributed by atoms with Crippen LogP contribution in [0.3, 0.4) is 0 Å². The predicted octanol–water partition coefficient (Wildman–Crippen LogP) is 4.22. The number of halogens is 3. The molecule has 4 heterocycles. The molecule has 2 unspecified atom stereocenters. The van der Waals surface area contributed by atoms with Crippen molar-refractivity contribution in [3.63, 3.8) is 0 Å². The second kappa shape index (κ2) is 9.39. The van der Waals surface area contributed by atoms with Gasteiger partial charge in [-0.3, -0.25) is 14.9 Å². The van der Waals surface area contributed by atoms with E-state index in [0.717, 1.165) is 62.6 Å². The van der Waals surface area contributed by atoms with E-state index in [1.165, 1.54) is 5.56 Å². The summed E-state index contributed by atoms with van der Waals surface area (Å²) in [6.45, 7) is 6.78. The number of piperidine rings is 1. The van der Waals surface area contributed by atoms with E-state index in [1.807, 2.05) is 6.20 Å². The lowest BCUT2D eigenvalue weighted by Gasteiger charge is -2.34. The van der Waals surface area contributed by atoms with Gasteiger partial charge in [0, 0.05) is 50.0 Å². The van der Waals surface area contributed by atoms with Crippen LogP contribution < -0.4 is 5.73 Å². The molecule has 0 radical (unpaired) electrons. The number of pyridine rings is 1. The standard InChI is InChI=1S/C23H30F3N5S/c1-3-18-5-4-15(10-29-18)11-30-7-6-16-13-31(14-17(16)12-30)22(28-2)20-8-19(32-21(20)27)9-23(24,25)26/h4-5,8,10,16-17H,3,6-7,9,11-14,27H2,1-2H3. The molecule has 2 aromatic rings. The van der Waals surface area contributed by atoms with Crippen molar-refractivity contribution in [2.75, 3.05) is 39.0 Å². The van der Waals surface area contributed by atoms with Crippen molar-refractivity contribution in [2.24, 2.45) is 16.8 Å². The smallest absolute Gasteiger partial charge is 0.390 e. The molecule has 2 fully saturated rings. The zero-order chi connectivity index (χ0) is 22.9. The van der Waals surface area contributed by atoms with Crippen LogP contribution in [0.15, 0.2) is 29.4 Å². The fourth-order valence-corrected chi connectivity index (χ4v) is 5.88. The topological polar surface area (TPSA) is 57.8 Å². The molecule has 174 valence electrons. The van der Waals surface area contributed by atoms with E-state index in [9.17, 15) is 13.2 Å². The van der Waals surface area contributed by atoms with E-state index in [2.05, 4.69) is 38.8 Å². The highest BCUT2D eigenvalue weighted by atomic mass is 32.1. The number of hydrogen-bond donors (Lipinski definition) is 1. The van der Waals surface area contributed by atoms with Crippen LogP contribution in [0.25, 0.3) is 0 Å². The summed E-state index contributed by atoms with van der Waals surface area (Å²) >= 11 is 1.01. The summed E-state index contributed by atoms with van der Waals surface area (Å²) < 4.78 is 38.4. The van der Waals surface area contributed by atoms with Crippen molar-refractivity contribution in [3.05, 3.63) is 46.1 Å². The molecule has 2 atom stereocenters. The number of fused-ring (bicyclic) bond motifs is 1. The molecule has 0 amide bonds. The number of amidine groups is 1. The number of nitrogen functional groups attached to an aromatic ring is 1. The van der Waals surface area contributed by atoms with E-state index in [1.54, 1.807) is 13.1 Å². The molecule has 0 spiro atoms. The lowest BCUT2D eigenvalue weighted by atomic mass is 9.88. The molecule has 9 heteroatoms. The highest BCUT2D eigenvalue weighted by Crippen LogP contribution is 2.36. The molecule has 2 aliphatic heterocycles. The van der Waals surface area contributed by atoms with Crippen LogP contribution in [-0.2, 0) is 19.4 Å². The second-order valence-electron chi connectivity index (χ2n) is 8.79. The average Bonchev–Trinajstić information content (AvgIpc) is 3.31. The summed E-state index contributed by atoms with van der Waals surface area (Å²) in [4.78, 5) is 13.9. The first-order chi connectivity index (χ1) is 15.3. The van der Waals surface area contributed by atoms with Crippen LogP contribution in [0.1, 0.15) is 35.0 Å². The maximum atomic E-state index is 12.8. The number of alkyl halides is 3. The SMILES string of the molecule is CCc1ccc(CN2CCC3CN(C(=NC)c4cc(CC(F)(F)F)sc4N)CC3C2)cn1. The van der Waals surface area contributed by atoms with Crippen molar-refractivity contribution >= 4 is 22.2 Å². The molecule has 2 N–H and O–H groups in total. The Morgan fingerprint density at radius 3 is 2.69 bits per heavy atom. The molecular formula is C23H30F3N5S. The first-order valence-corrected chi connectivity index (χ1v) is 11.9. The molecule has 2 aliphatic rings. The Balaban J connectivity index is 1.41. The van der Waals surface area contributed by atoms with E-state index in [4.69, 9.17) is 5.73 Å². The number of rotatable bonds is 5. The van der Waals surface area contributed by atoms with E-state index >= 15 is 0 Å². The first-order valence-electron chi connectivity index (χ1n) is 11.1. The minimum absolute atomic E-state index is 0.233. The predicted molar refractivity (Wildman–Crippen MR) is 123 cm³/mol. The first kappa shape index (κ1) is 23.0. The molecule has 2 saturated heterocycles. The van der Waals surface area contributed by atoms with E-state index < -0.39 is 12.6 Å². The van der Waals surface area contributed by atoms with Gasteiger partial charge >= 0.3 is 6.18 Å². The van der Waals surface area contributed by atoms with Gasteiger partial charge in [0.2, 0.25) is 0 Å². The van der Waals surface area contributed by atoms with Gasteiger partial charge in [0.25, 0.3) is 0 Å². The van der Waals surface area contributed by atoms with Gasteiger partial charge in [0.15, 0.2) is 0 Å². The number of nitrogens with zero attached hydrogens (tertiary/aromatic N) is 4. The summed E-state index contributed by atoms with van der Waals surface area (Å²) in [5, 5.41) is 0.407. The van der Waals surface area contributed by atoms with Crippen LogP contribution in [0.2, 0.25) is 0 Å². The van der Waals surface area contributed by atoms with Crippen LogP contribution in [0, 0.1) is 11.8 Å². The fraction of sp³-hybridized carbons (Fsp3) is 0.565. The zero-order valence-electron chi connectivity index (χ0n) is 18.5. The number of aryl methyl sites for hydroxylation is 1. The van der Waals surface area contributed by atoms with Crippen LogP contribution in [0.5, 0.6) is 0 Å². The molecular weight excluding hydrogens is 435 g/mol. The maximum Gasteiger partial charge on any atom is 0.393 e. The van der Waals surface area contributed by atoms with E-state index in [0.29, 0.717) is 28.2 Å². The van der Waals surface area contributed by atoms with Gasteiger partial charge in [-0.15, -0.1) is 11.3 Å². The van der Waals surface area contributed by atoms with Crippen LogP contribution in [-0.4, -0.2) is 60.0 Å². The molecule has 0 aromatic carbocycles. The molecule has 32 heavy (non-hydrogen) atoms. The summed E-state index contributed by atoms with van der Waals surface area (Å²) in [6, 6.07) is 5.83. The van der Waals surface area contributed by atoms with Gasteiger partial charge in [0.05, 0.1) is 17.0 Å². The Labute approximate surface area is 191 Å². The van der Waals surface area contributed by atoms with Gasteiger partial charge < -0.3 is 10.6 Å². The summed E-state index contributed by atoms with van der Waals surface area (Å²) in [7, 11) is 1.69. The van der Waals surface area contributed by atoms with Crippen molar-refractivity contribution in [1.29, 1.82) is 0 Å². The Bertz CT molecular complexity index is 954. The summed E-state index contributed by atoms with van der Waals surface area (Å²) in [6.07, 6.45) is -1.16. The number of nitrogens with two attached hydrogens (primary N) is 1. The number of hydrogen-bond acceptors (Lipinski definition) is 5. The molecule has 4 rings (SSSR count). The lowest BCUT2D eigenvalue weighted by Crippen LogP contribution is -2.39. The van der Waals surface area contributed by atoms with Crippen molar-refractivity contribution < 1.29 is 13.2 Å². The normalized spacial score (nSPS) is 22.4. The van der Waals surface area contributed by atoms with Gasteiger partial charge in [0.1, 0.15) is 5.84 Å². The van der Waals surface area contributed by atoms with Crippen LogP contribution in [0.4, 0.5) is 18.2 Å². The molecule has 2 aromatic heterocycles. The van der Waals surface area contributed by atoms with Crippen molar-refractivity contribution in [1.82, 2.24) is 14.8 Å². The van der Waals surface area contributed by atoms with E-state index in [-0.39, 0.29) is 4.88 Å². The molecule has 0 bridgehead atoms. The average molecular weight is 466 g/mol. The highest BCUT2D eigenvalue weighted by Gasteiger charge is 2.39. The van der Waals surface area contributed by atoms with Crippen LogP contribution >= 0.6 is 11.3 Å². The Morgan fingerprint density at radius 2 is 2.03 bits per heavy atom. The third-order valence-corrected chi connectivity index (χ3v) is 7.44. The zero-order valence-corrected chi connectivity index (χ0v) is 19.3. The molecule has 5 nitrogen and oxygen atoms in total. The summed E-state index contributed by atoms with van der Waals surface area (Å²) in [5.74, 6) is 1.79. The minimum Gasteiger partial charge on any atom is -0.390 e. The Morgan fingerprint density at radius 1 is 1.25 bits per heavy atom. The Kier molecular flexibility index (Phi) is 6.76. The van der Waals surface area contributed by atoms with Gasteiger partial charge in [-0.05, 0) is 48.9 Å². The third kappa shape index (κ3) is 5.26. The second-order valence-corrected chi connectivity index (χ2v) is 9.96. The number of anilines is 1. The summed E-state index contributed by atoms with van der Waals surface area (Å²) in [5.41, 5.74) is 9.08. The third-order valence-electron chi connectivity index (χ3n) is 6.48. The number of thiophene rings is 1. The monoisotopic (exact) mass is 465 g/mol. The van der Waals surface area contributed by atoms with Gasteiger partial charge in [-0.1, -0.05) is 13.0 Å². The minimum atomic E-state index is -4.24. The van der Waals surface area contributed by atoms with Gasteiger partial charge in [-0.2, -0.15) is 13.2 Å². The lowest BCUT2D eigenvalue weighted by molar-refractivity contribution is -0.126. The Hall–Kier alpha value is -2.13. The highest BCUT2D eigenvalue weighted by molar-refractivity contribution is 7.16. The van der Waals surface area contributed by atoms with Crippen molar-refractivity contribution in [2.45, 2.75) is 38.9 Å². The molecule has 0 aliphatic carbocycles. The number of aliphatic imine (C=N–C) groups is 1. The molecule has 0 saturated carbocycles. The fourth-order valence-electron chi connectivity index (χ4n) is 4.93. The largest absolute Gasteiger partial charge is 0.393 e. The van der Waals surface area contributed by atoms with Crippen molar-refractivity contribution in [3.8, 4) is 0 Å². The van der Waals surface area contributed by atoms with Gasteiger partial charge in [-0.25, -0.2) is 0 Å².